The smallest absolute Gasteiger partial charge is 0.335 e. The fourth-order valence-corrected chi connectivity index (χ4v) is 1.95. The first-order chi connectivity index (χ1) is 9.43. The van der Waals surface area contributed by atoms with Crippen molar-refractivity contribution in [2.75, 3.05) is 6.61 Å². The van der Waals surface area contributed by atoms with E-state index in [1.165, 1.54) is 18.2 Å². The second kappa shape index (κ2) is 7.75. The zero-order valence-electron chi connectivity index (χ0n) is 11.5. The van der Waals surface area contributed by atoms with Crippen molar-refractivity contribution in [2.24, 2.45) is 0 Å². The van der Waals surface area contributed by atoms with Crippen LogP contribution in [-0.4, -0.2) is 29.6 Å². The molecule has 0 saturated heterocycles. The molecule has 0 aliphatic rings. The summed E-state index contributed by atoms with van der Waals surface area (Å²) in [6.45, 7) is 3.82. The van der Waals surface area contributed by atoms with Crippen LogP contribution >= 0.6 is 11.6 Å². The molecule has 5 nitrogen and oxygen atoms in total. The lowest BCUT2D eigenvalue weighted by Gasteiger charge is -2.13. The van der Waals surface area contributed by atoms with Gasteiger partial charge in [0.1, 0.15) is 5.75 Å². The Balaban J connectivity index is 2.53. The highest BCUT2D eigenvalue weighted by Gasteiger charge is 2.11. The van der Waals surface area contributed by atoms with Crippen LogP contribution in [0, 0.1) is 0 Å². The normalized spacial score (nSPS) is 11.8. The van der Waals surface area contributed by atoms with Crippen LogP contribution in [0.3, 0.4) is 0 Å². The van der Waals surface area contributed by atoms with Gasteiger partial charge in [-0.15, -0.1) is 0 Å². The Kier molecular flexibility index (Phi) is 6.31. The van der Waals surface area contributed by atoms with Gasteiger partial charge >= 0.3 is 5.97 Å². The molecule has 1 aromatic rings. The van der Waals surface area contributed by atoms with E-state index in [9.17, 15) is 9.59 Å². The predicted molar refractivity (Wildman–Crippen MR) is 76.4 cm³/mol. The van der Waals surface area contributed by atoms with E-state index in [1.54, 1.807) is 0 Å². The minimum atomic E-state index is -1.07. The first-order valence-corrected chi connectivity index (χ1v) is 6.76. The number of carboxylic acids is 1. The van der Waals surface area contributed by atoms with Crippen molar-refractivity contribution in [1.29, 1.82) is 0 Å². The largest absolute Gasteiger partial charge is 0.482 e. The topological polar surface area (TPSA) is 75.6 Å². The van der Waals surface area contributed by atoms with Gasteiger partial charge in [0.05, 0.1) is 10.6 Å². The average Bonchev–Trinajstić information content (AvgIpc) is 2.37. The lowest BCUT2D eigenvalue weighted by atomic mass is 10.2. The van der Waals surface area contributed by atoms with Crippen molar-refractivity contribution in [3.63, 3.8) is 0 Å². The molecule has 1 amide bonds. The molecule has 1 atom stereocenters. The van der Waals surface area contributed by atoms with Crippen LogP contribution in [0.15, 0.2) is 18.2 Å². The third-order valence-corrected chi connectivity index (χ3v) is 2.96. The van der Waals surface area contributed by atoms with E-state index in [1.807, 2.05) is 13.8 Å². The van der Waals surface area contributed by atoms with Crippen molar-refractivity contribution in [3.05, 3.63) is 28.8 Å². The third kappa shape index (κ3) is 5.09. The molecule has 20 heavy (non-hydrogen) atoms. The van der Waals surface area contributed by atoms with Crippen LogP contribution < -0.4 is 10.1 Å². The fourth-order valence-electron chi connectivity index (χ4n) is 1.72. The van der Waals surface area contributed by atoms with Crippen LogP contribution in [-0.2, 0) is 4.79 Å². The van der Waals surface area contributed by atoms with Crippen LogP contribution in [0.1, 0.15) is 37.0 Å². The first-order valence-electron chi connectivity index (χ1n) is 6.39. The summed E-state index contributed by atoms with van der Waals surface area (Å²) in [5, 5.41) is 11.8. The lowest BCUT2D eigenvalue weighted by Crippen LogP contribution is -2.35. The summed E-state index contributed by atoms with van der Waals surface area (Å²) in [7, 11) is 0. The summed E-state index contributed by atoms with van der Waals surface area (Å²) in [6, 6.07) is 4.20. The highest BCUT2D eigenvalue weighted by atomic mass is 35.5. The molecule has 1 rings (SSSR count). The maximum atomic E-state index is 11.6. The Hall–Kier alpha value is -1.75. The number of benzene rings is 1. The van der Waals surface area contributed by atoms with E-state index >= 15 is 0 Å². The van der Waals surface area contributed by atoms with Crippen LogP contribution in [0.5, 0.6) is 5.75 Å². The number of aromatic carboxylic acids is 1. The van der Waals surface area contributed by atoms with Crippen molar-refractivity contribution in [1.82, 2.24) is 5.32 Å². The maximum Gasteiger partial charge on any atom is 0.335 e. The molecule has 1 unspecified atom stereocenters. The number of hydrogen-bond donors (Lipinski definition) is 2. The van der Waals surface area contributed by atoms with Gasteiger partial charge in [0.15, 0.2) is 6.61 Å². The van der Waals surface area contributed by atoms with Gasteiger partial charge in [0.25, 0.3) is 5.91 Å². The molecule has 0 radical (unpaired) electrons. The van der Waals surface area contributed by atoms with Gasteiger partial charge in [0, 0.05) is 6.04 Å². The summed E-state index contributed by atoms with van der Waals surface area (Å²) in [5.74, 6) is -1.01. The number of hydrogen-bond acceptors (Lipinski definition) is 3. The number of ether oxygens (including phenoxy) is 1. The Morgan fingerprint density at radius 2 is 2.15 bits per heavy atom. The Bertz CT molecular complexity index is 490. The highest BCUT2D eigenvalue weighted by Crippen LogP contribution is 2.25. The van der Waals surface area contributed by atoms with Crippen LogP contribution in [0.4, 0.5) is 0 Å². The zero-order chi connectivity index (χ0) is 15.1. The average molecular weight is 300 g/mol. The van der Waals surface area contributed by atoms with E-state index in [4.69, 9.17) is 21.4 Å². The second-order valence-corrected chi connectivity index (χ2v) is 4.90. The first kappa shape index (κ1) is 16.3. The summed E-state index contributed by atoms with van der Waals surface area (Å²) < 4.78 is 5.28. The quantitative estimate of drug-likeness (QED) is 0.811. The monoisotopic (exact) mass is 299 g/mol. The summed E-state index contributed by atoms with van der Waals surface area (Å²) in [4.78, 5) is 22.4. The number of carbonyl (C=O) groups is 2. The molecule has 0 aliphatic carbocycles. The molecular weight excluding hydrogens is 282 g/mol. The fraction of sp³-hybridized carbons (Fsp3) is 0.429. The summed E-state index contributed by atoms with van der Waals surface area (Å²) >= 11 is 5.89. The second-order valence-electron chi connectivity index (χ2n) is 4.50. The summed E-state index contributed by atoms with van der Waals surface area (Å²) in [5.41, 5.74) is 0.0726. The van der Waals surface area contributed by atoms with E-state index in [0.29, 0.717) is 0 Å². The molecule has 0 spiro atoms. The molecule has 1 aromatic carbocycles. The third-order valence-electron chi connectivity index (χ3n) is 2.67. The SMILES string of the molecule is CCCC(C)NC(=O)COc1ccc(C(=O)O)cc1Cl. The molecule has 0 aromatic heterocycles. The van der Waals surface area contributed by atoms with Crippen molar-refractivity contribution < 1.29 is 19.4 Å². The maximum absolute atomic E-state index is 11.6. The Labute approximate surface area is 122 Å². The number of rotatable bonds is 7. The standard InChI is InChI=1S/C14H18ClNO4/c1-3-4-9(2)16-13(17)8-20-12-6-5-10(14(18)19)7-11(12)15/h5-7,9H,3-4,8H2,1-2H3,(H,16,17)(H,18,19). The number of halogens is 1. The van der Waals surface area contributed by atoms with Crippen LogP contribution in [0.2, 0.25) is 5.02 Å². The molecular formula is C14H18ClNO4. The molecule has 0 fully saturated rings. The van der Waals surface area contributed by atoms with Crippen molar-refractivity contribution in [2.45, 2.75) is 32.7 Å². The Morgan fingerprint density at radius 1 is 1.45 bits per heavy atom. The molecule has 0 heterocycles. The van der Waals surface area contributed by atoms with Gasteiger partial charge in [-0.05, 0) is 31.5 Å². The van der Waals surface area contributed by atoms with Gasteiger partial charge in [-0.1, -0.05) is 24.9 Å². The number of nitrogens with one attached hydrogen (secondary N) is 1. The Morgan fingerprint density at radius 3 is 2.70 bits per heavy atom. The van der Waals surface area contributed by atoms with Gasteiger partial charge in [-0.2, -0.15) is 0 Å². The molecule has 2 N–H and O–H groups in total. The van der Waals surface area contributed by atoms with E-state index in [-0.39, 0.29) is 34.9 Å². The zero-order valence-corrected chi connectivity index (χ0v) is 12.2. The number of carboxylic acid groups (broad SMARTS) is 1. The van der Waals surface area contributed by atoms with Crippen LogP contribution in [0.25, 0.3) is 0 Å². The molecule has 110 valence electrons. The molecule has 0 bridgehead atoms. The van der Waals surface area contributed by atoms with Crippen molar-refractivity contribution in [3.8, 4) is 5.75 Å². The predicted octanol–water partition coefficient (Wildman–Crippen LogP) is 2.72. The summed E-state index contributed by atoms with van der Waals surface area (Å²) in [6.07, 6.45) is 1.89. The number of carbonyl (C=O) groups excluding carboxylic acids is 1. The van der Waals surface area contributed by atoms with Crippen molar-refractivity contribution >= 4 is 23.5 Å². The number of amides is 1. The van der Waals surface area contributed by atoms with E-state index in [2.05, 4.69) is 5.32 Å². The molecule has 6 heteroatoms. The minimum Gasteiger partial charge on any atom is -0.482 e. The van der Waals surface area contributed by atoms with E-state index in [0.717, 1.165) is 12.8 Å². The van der Waals surface area contributed by atoms with E-state index < -0.39 is 5.97 Å². The highest BCUT2D eigenvalue weighted by molar-refractivity contribution is 6.32. The van der Waals surface area contributed by atoms with Gasteiger partial charge < -0.3 is 15.2 Å². The van der Waals surface area contributed by atoms with Gasteiger partial charge in [-0.25, -0.2) is 4.79 Å². The minimum absolute atomic E-state index is 0.0726. The van der Waals surface area contributed by atoms with Gasteiger partial charge in [0.2, 0.25) is 0 Å². The van der Waals surface area contributed by atoms with Gasteiger partial charge in [-0.3, -0.25) is 4.79 Å². The lowest BCUT2D eigenvalue weighted by molar-refractivity contribution is -0.123. The molecule has 0 aliphatic heterocycles. The molecule has 0 saturated carbocycles.